The fourth-order valence-electron chi connectivity index (χ4n) is 1.83. The largest absolute Gasteiger partial charge is 0.416 e. The van der Waals surface area contributed by atoms with Gasteiger partial charge in [-0.3, -0.25) is 0 Å². The number of aliphatic hydroxyl groups is 1. The molecule has 1 heterocycles. The molecule has 0 bridgehead atoms. The van der Waals surface area contributed by atoms with Crippen LogP contribution in [-0.4, -0.2) is 14.7 Å². The molecule has 1 N–H and O–H groups in total. The lowest BCUT2D eigenvalue weighted by Crippen LogP contribution is -2.04. The van der Waals surface area contributed by atoms with E-state index in [0.29, 0.717) is 16.6 Å². The Balaban J connectivity index is 2.07. The third-order valence-corrected chi connectivity index (χ3v) is 4.02. The summed E-state index contributed by atoms with van der Waals surface area (Å²) in [5.41, 5.74) is 0.685. The average molecular weight is 326 g/mol. The lowest BCUT2D eigenvalue weighted by molar-refractivity contribution is -0.137. The Labute approximate surface area is 130 Å². The van der Waals surface area contributed by atoms with Crippen LogP contribution in [0.3, 0.4) is 0 Å². The van der Waals surface area contributed by atoms with Crippen LogP contribution in [0.25, 0.3) is 0 Å². The predicted molar refractivity (Wildman–Crippen MR) is 78.0 cm³/mol. The molecule has 1 aromatic heterocycles. The summed E-state index contributed by atoms with van der Waals surface area (Å²) in [7, 11) is 0. The molecule has 1 aromatic carbocycles. The zero-order valence-electron chi connectivity index (χ0n) is 11.5. The second-order valence-corrected chi connectivity index (χ2v) is 5.41. The van der Waals surface area contributed by atoms with Crippen LogP contribution in [0.2, 0.25) is 0 Å². The number of hydrogen-bond acceptors (Lipinski definition) is 3. The first-order chi connectivity index (χ1) is 10.5. The van der Waals surface area contributed by atoms with Crippen molar-refractivity contribution in [3.63, 3.8) is 0 Å². The van der Waals surface area contributed by atoms with Gasteiger partial charge in [0.1, 0.15) is 0 Å². The fraction of sp³-hybridized carbons (Fsp3) is 0.267. The van der Waals surface area contributed by atoms with Gasteiger partial charge in [-0.15, -0.1) is 6.42 Å². The van der Waals surface area contributed by atoms with E-state index in [1.165, 1.54) is 30.1 Å². The smallest absolute Gasteiger partial charge is 0.390 e. The molecule has 7 heteroatoms. The number of benzene rings is 1. The van der Waals surface area contributed by atoms with E-state index in [1.54, 1.807) is 4.57 Å². The maximum Gasteiger partial charge on any atom is 0.416 e. The summed E-state index contributed by atoms with van der Waals surface area (Å²) >= 11 is 1.35. The molecule has 0 unspecified atom stereocenters. The second-order valence-electron chi connectivity index (χ2n) is 4.46. The van der Waals surface area contributed by atoms with Crippen molar-refractivity contribution in [3.8, 4) is 12.3 Å². The molecule has 0 spiro atoms. The Morgan fingerprint density at radius 3 is 2.50 bits per heavy atom. The summed E-state index contributed by atoms with van der Waals surface area (Å²) in [5, 5.41) is 9.83. The molecule has 116 valence electrons. The van der Waals surface area contributed by atoms with Crippen molar-refractivity contribution in [1.29, 1.82) is 0 Å². The lowest BCUT2D eigenvalue weighted by Gasteiger charge is -2.09. The van der Waals surface area contributed by atoms with E-state index in [2.05, 4.69) is 10.9 Å². The monoisotopic (exact) mass is 326 g/mol. The summed E-state index contributed by atoms with van der Waals surface area (Å²) < 4.78 is 39.2. The number of hydrogen-bond donors (Lipinski definition) is 1. The highest BCUT2D eigenvalue weighted by Gasteiger charge is 2.29. The first kappa shape index (κ1) is 16.5. The van der Waals surface area contributed by atoms with Crippen molar-refractivity contribution in [2.45, 2.75) is 30.2 Å². The summed E-state index contributed by atoms with van der Waals surface area (Å²) in [4.78, 5) is 4.17. The van der Waals surface area contributed by atoms with Crippen LogP contribution in [0, 0.1) is 12.3 Å². The van der Waals surface area contributed by atoms with Crippen LogP contribution < -0.4 is 0 Å². The molecule has 3 nitrogen and oxygen atoms in total. The molecule has 0 amide bonds. The summed E-state index contributed by atoms with van der Waals surface area (Å²) in [5.74, 6) is 2.94. The molecule has 2 aromatic rings. The quantitative estimate of drug-likeness (QED) is 0.677. The molecule has 0 aliphatic heterocycles. The molecule has 0 aliphatic carbocycles. The van der Waals surface area contributed by atoms with Crippen molar-refractivity contribution in [3.05, 3.63) is 47.3 Å². The van der Waals surface area contributed by atoms with Gasteiger partial charge in [0.05, 0.1) is 30.6 Å². The SMILES string of the molecule is C#CCn1c(CO)cnc1SCc1ccc(C(F)(F)F)cc1. The molecular weight excluding hydrogens is 313 g/mol. The molecule has 2 rings (SSSR count). The molecule has 0 fully saturated rings. The number of rotatable bonds is 5. The lowest BCUT2D eigenvalue weighted by atomic mass is 10.1. The Morgan fingerprint density at radius 2 is 1.95 bits per heavy atom. The van der Waals surface area contributed by atoms with E-state index in [9.17, 15) is 18.3 Å². The number of imidazole rings is 1. The molecule has 0 aliphatic rings. The summed E-state index contributed by atoms with van der Waals surface area (Å²) in [6.45, 7) is 0.112. The van der Waals surface area contributed by atoms with Gasteiger partial charge in [0.2, 0.25) is 0 Å². The average Bonchev–Trinajstić information content (AvgIpc) is 2.87. The van der Waals surface area contributed by atoms with E-state index < -0.39 is 11.7 Å². The minimum atomic E-state index is -4.33. The van der Waals surface area contributed by atoms with Crippen LogP contribution in [0.5, 0.6) is 0 Å². The molecule has 22 heavy (non-hydrogen) atoms. The minimum Gasteiger partial charge on any atom is -0.390 e. The van der Waals surface area contributed by atoms with Gasteiger partial charge in [0.25, 0.3) is 0 Å². The molecule has 0 radical (unpaired) electrons. The molecule has 0 saturated heterocycles. The van der Waals surface area contributed by atoms with E-state index in [-0.39, 0.29) is 13.2 Å². The number of thioether (sulfide) groups is 1. The van der Waals surface area contributed by atoms with Gasteiger partial charge in [-0.1, -0.05) is 29.8 Å². The Morgan fingerprint density at radius 1 is 1.27 bits per heavy atom. The number of halogens is 3. The zero-order valence-corrected chi connectivity index (χ0v) is 12.3. The highest BCUT2D eigenvalue weighted by molar-refractivity contribution is 7.98. The summed E-state index contributed by atoms with van der Waals surface area (Å²) in [6.07, 6.45) is 2.49. The van der Waals surface area contributed by atoms with Crippen molar-refractivity contribution < 1.29 is 18.3 Å². The number of nitrogens with zero attached hydrogens (tertiary/aromatic N) is 2. The van der Waals surface area contributed by atoms with Gasteiger partial charge in [-0.25, -0.2) is 4.98 Å². The maximum absolute atomic E-state index is 12.5. The van der Waals surface area contributed by atoms with E-state index >= 15 is 0 Å². The van der Waals surface area contributed by atoms with Crippen molar-refractivity contribution >= 4 is 11.8 Å². The first-order valence-electron chi connectivity index (χ1n) is 6.33. The van der Waals surface area contributed by atoms with E-state index in [0.717, 1.165) is 17.7 Å². The molecule has 0 saturated carbocycles. The Kier molecular flexibility index (Phi) is 5.16. The number of alkyl halides is 3. The predicted octanol–water partition coefficient (Wildman–Crippen LogP) is 3.32. The maximum atomic E-state index is 12.5. The van der Waals surface area contributed by atoms with Gasteiger partial charge in [-0.05, 0) is 17.7 Å². The van der Waals surface area contributed by atoms with Crippen LogP contribution in [0.4, 0.5) is 13.2 Å². The van der Waals surface area contributed by atoms with Crippen molar-refractivity contribution in [1.82, 2.24) is 9.55 Å². The Hall–Kier alpha value is -1.91. The molecular formula is C15H13F3N2OS. The number of aliphatic hydroxyl groups excluding tert-OH is 1. The van der Waals surface area contributed by atoms with Crippen molar-refractivity contribution in [2.75, 3.05) is 0 Å². The topological polar surface area (TPSA) is 38.0 Å². The minimum absolute atomic E-state index is 0.171. The fourth-order valence-corrected chi connectivity index (χ4v) is 2.78. The van der Waals surface area contributed by atoms with E-state index in [1.807, 2.05) is 0 Å². The third-order valence-electron chi connectivity index (χ3n) is 2.96. The standard InChI is InChI=1S/C15H13F3N2OS/c1-2-7-20-13(9-21)8-19-14(20)22-10-11-3-5-12(6-4-11)15(16,17)18/h1,3-6,8,21H,7,9-10H2. The van der Waals surface area contributed by atoms with Gasteiger partial charge in [0, 0.05) is 5.75 Å². The zero-order chi connectivity index (χ0) is 16.2. The van der Waals surface area contributed by atoms with Crippen LogP contribution >= 0.6 is 11.8 Å². The van der Waals surface area contributed by atoms with Gasteiger partial charge >= 0.3 is 6.18 Å². The normalized spacial score (nSPS) is 11.4. The third kappa shape index (κ3) is 3.84. The molecule has 0 atom stereocenters. The van der Waals surface area contributed by atoms with E-state index in [4.69, 9.17) is 6.42 Å². The Bertz CT molecular complexity index is 672. The van der Waals surface area contributed by atoms with Gasteiger partial charge < -0.3 is 9.67 Å². The van der Waals surface area contributed by atoms with Crippen molar-refractivity contribution in [2.24, 2.45) is 0 Å². The van der Waals surface area contributed by atoms with Crippen LogP contribution in [-0.2, 0) is 25.1 Å². The van der Waals surface area contributed by atoms with Gasteiger partial charge in [0.15, 0.2) is 5.16 Å². The highest BCUT2D eigenvalue weighted by Crippen LogP contribution is 2.30. The number of aromatic nitrogens is 2. The van der Waals surface area contributed by atoms with Gasteiger partial charge in [-0.2, -0.15) is 13.2 Å². The highest BCUT2D eigenvalue weighted by atomic mass is 32.2. The number of terminal acetylenes is 1. The first-order valence-corrected chi connectivity index (χ1v) is 7.32. The van der Waals surface area contributed by atoms with Crippen LogP contribution in [0.15, 0.2) is 35.6 Å². The summed E-state index contributed by atoms with van der Waals surface area (Å²) in [6, 6.07) is 5.00. The second kappa shape index (κ2) is 6.90. The van der Waals surface area contributed by atoms with Crippen LogP contribution in [0.1, 0.15) is 16.8 Å².